The Morgan fingerprint density at radius 3 is 2.15 bits per heavy atom. The molecule has 4 rings (SSSR count). The number of nitrogens with zero attached hydrogens (tertiary/aromatic N) is 1. The highest BCUT2D eigenvalue weighted by Gasteiger charge is 2.45. The Morgan fingerprint density at radius 2 is 1.54 bits per heavy atom. The van der Waals surface area contributed by atoms with Crippen molar-refractivity contribution in [2.45, 2.75) is 18.5 Å². The molecule has 0 unspecified atom stereocenters. The molecule has 2 aliphatic rings. The standard InChI is InChI=1S/C19H14N2O5/c22-16-14(21-17(23)12-7-3-4-8-13(12)18(21)24)9-10-5-1-2-6-11(10)15(20-16)19(25)26/h1-8,14-15H,9H2,(H,20,22)(H,25,26)/t14-,15-/m0/s1. The molecule has 2 aromatic rings. The van der Waals surface area contributed by atoms with Gasteiger partial charge in [-0.15, -0.1) is 0 Å². The van der Waals surface area contributed by atoms with Crippen molar-refractivity contribution in [1.29, 1.82) is 0 Å². The molecular formula is C19H14N2O5. The van der Waals surface area contributed by atoms with Crippen LogP contribution in [0, 0.1) is 0 Å². The van der Waals surface area contributed by atoms with Crippen LogP contribution in [0.4, 0.5) is 0 Å². The van der Waals surface area contributed by atoms with Crippen molar-refractivity contribution in [3.05, 3.63) is 70.8 Å². The van der Waals surface area contributed by atoms with Gasteiger partial charge in [-0.05, 0) is 23.3 Å². The van der Waals surface area contributed by atoms with E-state index in [4.69, 9.17) is 0 Å². The van der Waals surface area contributed by atoms with Crippen LogP contribution in [0.3, 0.4) is 0 Å². The van der Waals surface area contributed by atoms with Gasteiger partial charge in [0.25, 0.3) is 11.8 Å². The summed E-state index contributed by atoms with van der Waals surface area (Å²) in [7, 11) is 0. The summed E-state index contributed by atoms with van der Waals surface area (Å²) in [4.78, 5) is 50.6. The van der Waals surface area contributed by atoms with E-state index in [0.29, 0.717) is 11.1 Å². The lowest BCUT2D eigenvalue weighted by Crippen LogP contribution is -2.50. The minimum absolute atomic E-state index is 0.0667. The third-order valence-electron chi connectivity index (χ3n) is 4.75. The van der Waals surface area contributed by atoms with Crippen LogP contribution in [0.15, 0.2) is 48.5 Å². The molecule has 130 valence electrons. The van der Waals surface area contributed by atoms with Gasteiger partial charge in [0.1, 0.15) is 6.04 Å². The SMILES string of the molecule is O=C(O)[C@H]1NC(=O)[C@@H](N2C(=O)c3ccccc3C2=O)Cc2ccccc21. The number of benzene rings is 2. The molecule has 2 heterocycles. The summed E-state index contributed by atoms with van der Waals surface area (Å²) in [5.74, 6) is -2.95. The normalized spacial score (nSPS) is 21.7. The molecule has 0 fully saturated rings. The summed E-state index contributed by atoms with van der Waals surface area (Å²) in [5.41, 5.74) is 1.56. The largest absolute Gasteiger partial charge is 0.479 e. The fourth-order valence-corrected chi connectivity index (χ4v) is 3.51. The maximum atomic E-state index is 12.7. The van der Waals surface area contributed by atoms with Gasteiger partial charge in [0.05, 0.1) is 11.1 Å². The van der Waals surface area contributed by atoms with Crippen LogP contribution >= 0.6 is 0 Å². The lowest BCUT2D eigenvalue weighted by Gasteiger charge is -2.24. The first kappa shape index (κ1) is 16.0. The Labute approximate surface area is 148 Å². The molecule has 0 saturated heterocycles. The zero-order valence-corrected chi connectivity index (χ0v) is 13.5. The molecular weight excluding hydrogens is 336 g/mol. The first-order valence-electron chi connectivity index (χ1n) is 8.07. The first-order valence-corrected chi connectivity index (χ1v) is 8.07. The van der Waals surface area contributed by atoms with Gasteiger partial charge < -0.3 is 10.4 Å². The second kappa shape index (κ2) is 5.80. The predicted octanol–water partition coefficient (Wildman–Crippen LogP) is 1.15. The quantitative estimate of drug-likeness (QED) is 0.791. The summed E-state index contributed by atoms with van der Waals surface area (Å²) in [6, 6.07) is 10.8. The lowest BCUT2D eigenvalue weighted by molar-refractivity contribution is -0.142. The highest BCUT2D eigenvalue weighted by atomic mass is 16.4. The Bertz CT molecular complexity index is 933. The van der Waals surface area contributed by atoms with Crippen molar-refractivity contribution in [2.24, 2.45) is 0 Å². The highest BCUT2D eigenvalue weighted by molar-refractivity contribution is 6.23. The van der Waals surface area contributed by atoms with Gasteiger partial charge in [0.2, 0.25) is 5.91 Å². The van der Waals surface area contributed by atoms with Crippen molar-refractivity contribution in [2.75, 3.05) is 0 Å². The molecule has 3 amide bonds. The number of rotatable bonds is 2. The third kappa shape index (κ3) is 2.28. The van der Waals surface area contributed by atoms with Gasteiger partial charge in [-0.3, -0.25) is 19.3 Å². The lowest BCUT2D eigenvalue weighted by atomic mass is 9.97. The van der Waals surface area contributed by atoms with E-state index in [1.165, 1.54) is 12.1 Å². The van der Waals surface area contributed by atoms with Crippen LogP contribution in [0.2, 0.25) is 0 Å². The van der Waals surface area contributed by atoms with Crippen molar-refractivity contribution in [3.63, 3.8) is 0 Å². The molecule has 7 nitrogen and oxygen atoms in total. The van der Waals surface area contributed by atoms with Crippen molar-refractivity contribution >= 4 is 23.7 Å². The van der Waals surface area contributed by atoms with Gasteiger partial charge >= 0.3 is 5.97 Å². The molecule has 2 N–H and O–H groups in total. The number of hydrogen-bond donors (Lipinski definition) is 2. The monoisotopic (exact) mass is 350 g/mol. The zero-order valence-electron chi connectivity index (χ0n) is 13.5. The maximum Gasteiger partial charge on any atom is 0.330 e. The van der Waals surface area contributed by atoms with E-state index in [0.717, 1.165) is 4.90 Å². The van der Waals surface area contributed by atoms with Crippen LogP contribution in [0.25, 0.3) is 0 Å². The minimum atomic E-state index is -1.22. The van der Waals surface area contributed by atoms with E-state index < -0.39 is 35.8 Å². The Morgan fingerprint density at radius 1 is 0.962 bits per heavy atom. The average Bonchev–Trinajstić information content (AvgIpc) is 2.79. The Hall–Kier alpha value is -3.48. The average molecular weight is 350 g/mol. The van der Waals surface area contributed by atoms with Crippen LogP contribution in [0.5, 0.6) is 0 Å². The smallest absolute Gasteiger partial charge is 0.330 e. The van der Waals surface area contributed by atoms with E-state index >= 15 is 0 Å². The molecule has 0 bridgehead atoms. The molecule has 2 atom stereocenters. The molecule has 0 saturated carbocycles. The van der Waals surface area contributed by atoms with Crippen molar-refractivity contribution < 1.29 is 24.3 Å². The van der Waals surface area contributed by atoms with Gasteiger partial charge in [0.15, 0.2) is 6.04 Å². The zero-order chi connectivity index (χ0) is 18.4. The van der Waals surface area contributed by atoms with Gasteiger partial charge in [-0.25, -0.2) is 4.79 Å². The summed E-state index contributed by atoms with van der Waals surface area (Å²) >= 11 is 0. The van der Waals surface area contributed by atoms with E-state index in [-0.39, 0.29) is 17.5 Å². The highest BCUT2D eigenvalue weighted by Crippen LogP contribution is 2.30. The summed E-state index contributed by atoms with van der Waals surface area (Å²) in [5, 5.41) is 11.9. The second-order valence-corrected chi connectivity index (χ2v) is 6.22. The summed E-state index contributed by atoms with van der Waals surface area (Å²) < 4.78 is 0. The topological polar surface area (TPSA) is 104 Å². The Balaban J connectivity index is 1.77. The number of aliphatic carboxylic acids is 1. The molecule has 0 aromatic heterocycles. The second-order valence-electron chi connectivity index (χ2n) is 6.22. The van der Waals surface area contributed by atoms with Crippen LogP contribution in [0.1, 0.15) is 37.9 Å². The maximum absolute atomic E-state index is 12.7. The van der Waals surface area contributed by atoms with Crippen LogP contribution in [-0.2, 0) is 16.0 Å². The van der Waals surface area contributed by atoms with E-state index in [1.807, 2.05) is 0 Å². The molecule has 0 spiro atoms. The summed E-state index contributed by atoms with van der Waals surface area (Å²) in [6.45, 7) is 0. The Kier molecular flexibility index (Phi) is 3.57. The number of fused-ring (bicyclic) bond motifs is 2. The van der Waals surface area contributed by atoms with E-state index in [1.54, 1.807) is 36.4 Å². The molecule has 0 radical (unpaired) electrons. The molecule has 2 aliphatic heterocycles. The van der Waals surface area contributed by atoms with E-state index in [2.05, 4.69) is 5.32 Å². The third-order valence-corrected chi connectivity index (χ3v) is 4.75. The number of hydrogen-bond acceptors (Lipinski definition) is 4. The van der Waals surface area contributed by atoms with Gasteiger partial charge in [-0.2, -0.15) is 0 Å². The molecule has 26 heavy (non-hydrogen) atoms. The fourth-order valence-electron chi connectivity index (χ4n) is 3.51. The number of imide groups is 1. The predicted molar refractivity (Wildman–Crippen MR) is 89.4 cm³/mol. The minimum Gasteiger partial charge on any atom is -0.479 e. The fraction of sp³-hybridized carbons (Fsp3) is 0.158. The van der Waals surface area contributed by atoms with Crippen LogP contribution < -0.4 is 5.32 Å². The van der Waals surface area contributed by atoms with Gasteiger partial charge in [0, 0.05) is 6.42 Å². The number of carbonyl (C=O) groups excluding carboxylic acids is 3. The summed E-state index contributed by atoms with van der Waals surface area (Å²) in [6.07, 6.45) is 0.0667. The molecule has 0 aliphatic carbocycles. The molecule has 2 aromatic carbocycles. The van der Waals surface area contributed by atoms with E-state index in [9.17, 15) is 24.3 Å². The van der Waals surface area contributed by atoms with Gasteiger partial charge in [-0.1, -0.05) is 36.4 Å². The van der Waals surface area contributed by atoms with Crippen molar-refractivity contribution in [3.8, 4) is 0 Å². The molecule has 7 heteroatoms. The number of carbonyl (C=O) groups is 4. The van der Waals surface area contributed by atoms with Crippen molar-refractivity contribution in [1.82, 2.24) is 10.2 Å². The van der Waals surface area contributed by atoms with Crippen LogP contribution in [-0.4, -0.2) is 39.7 Å². The number of carboxylic acids is 1. The number of carboxylic acid groups (broad SMARTS) is 1. The number of amides is 3. The number of nitrogens with one attached hydrogen (secondary N) is 1. The first-order chi connectivity index (χ1) is 12.5.